The summed E-state index contributed by atoms with van der Waals surface area (Å²) in [5.74, 6) is 0. The lowest BCUT2D eigenvalue weighted by Gasteiger charge is -2.36. The highest BCUT2D eigenvalue weighted by Crippen LogP contribution is 2.05. The van der Waals surface area contributed by atoms with Gasteiger partial charge in [-0.15, -0.1) is 4.75 Å². The fourth-order valence-corrected chi connectivity index (χ4v) is 1.80. The average molecular weight is 223 g/mol. The third kappa shape index (κ3) is 5.80. The molecule has 2 nitrogen and oxygen atoms in total. The Balaban J connectivity index is 2.32. The van der Waals surface area contributed by atoms with Crippen molar-refractivity contribution >= 4 is 12.6 Å². The van der Waals surface area contributed by atoms with Gasteiger partial charge in [-0.1, -0.05) is 19.9 Å². The number of pyridine rings is 1. The van der Waals surface area contributed by atoms with Crippen molar-refractivity contribution in [3.05, 3.63) is 30.1 Å². The second kappa shape index (κ2) is 5.52. The molecule has 0 aliphatic rings. The standard InChI is InChI=1S/C12H20N2S/c1-12(2,15)10-14(3)9-7-11-6-4-5-8-13-11/h4-6,8,15H,7,9-10H2,1-3H3/p-1. The van der Waals surface area contributed by atoms with Crippen LogP contribution in [0.3, 0.4) is 0 Å². The molecule has 1 aromatic heterocycles. The van der Waals surface area contributed by atoms with Gasteiger partial charge in [0.1, 0.15) is 0 Å². The van der Waals surface area contributed by atoms with E-state index < -0.39 is 0 Å². The van der Waals surface area contributed by atoms with E-state index in [1.807, 2.05) is 18.3 Å². The molecule has 1 rings (SSSR count). The molecule has 0 saturated carbocycles. The van der Waals surface area contributed by atoms with E-state index in [0.29, 0.717) is 0 Å². The van der Waals surface area contributed by atoms with Gasteiger partial charge >= 0.3 is 0 Å². The van der Waals surface area contributed by atoms with Gasteiger partial charge in [0, 0.05) is 24.9 Å². The highest BCUT2D eigenvalue weighted by atomic mass is 32.1. The van der Waals surface area contributed by atoms with E-state index in [0.717, 1.165) is 25.2 Å². The van der Waals surface area contributed by atoms with Gasteiger partial charge in [-0.2, -0.15) is 0 Å². The van der Waals surface area contributed by atoms with Gasteiger partial charge in [-0.05, 0) is 25.7 Å². The number of nitrogens with zero attached hydrogens (tertiary/aromatic N) is 2. The molecule has 3 heteroatoms. The second-order valence-electron chi connectivity index (χ2n) is 4.57. The Kier molecular flexibility index (Phi) is 4.61. The molecule has 0 saturated heterocycles. The molecule has 0 spiro atoms. The molecule has 0 atom stereocenters. The molecule has 84 valence electrons. The summed E-state index contributed by atoms with van der Waals surface area (Å²) in [5, 5.41) is 0. The van der Waals surface area contributed by atoms with Crippen molar-refractivity contribution in [2.45, 2.75) is 25.0 Å². The van der Waals surface area contributed by atoms with Crippen LogP contribution in [0.1, 0.15) is 19.5 Å². The Morgan fingerprint density at radius 3 is 2.67 bits per heavy atom. The quantitative estimate of drug-likeness (QED) is 0.709. The highest BCUT2D eigenvalue weighted by Gasteiger charge is 2.05. The summed E-state index contributed by atoms with van der Waals surface area (Å²) in [4.78, 5) is 6.56. The molecule has 1 heterocycles. The Labute approximate surface area is 98.1 Å². The molecule has 0 aromatic carbocycles. The smallest absolute Gasteiger partial charge is 0.0416 e. The lowest BCUT2D eigenvalue weighted by atomic mass is 10.2. The fraction of sp³-hybridized carbons (Fsp3) is 0.583. The molecule has 15 heavy (non-hydrogen) atoms. The summed E-state index contributed by atoms with van der Waals surface area (Å²) in [6, 6.07) is 6.03. The molecular formula is C12H19N2S-. The largest absolute Gasteiger partial charge is 0.785 e. The molecule has 0 N–H and O–H groups in total. The molecule has 0 bridgehead atoms. The third-order valence-corrected chi connectivity index (χ3v) is 2.26. The first-order chi connectivity index (χ1) is 6.97. The number of rotatable bonds is 5. The Hall–Kier alpha value is -0.540. The topological polar surface area (TPSA) is 16.1 Å². The van der Waals surface area contributed by atoms with Crippen LogP contribution in [0.4, 0.5) is 0 Å². The average Bonchev–Trinajstić information content (AvgIpc) is 2.14. The van der Waals surface area contributed by atoms with Crippen LogP contribution in [0, 0.1) is 0 Å². The number of hydrogen-bond acceptors (Lipinski definition) is 3. The van der Waals surface area contributed by atoms with Crippen LogP contribution >= 0.6 is 0 Å². The summed E-state index contributed by atoms with van der Waals surface area (Å²) < 4.78 is -0.0428. The maximum Gasteiger partial charge on any atom is 0.0416 e. The van der Waals surface area contributed by atoms with E-state index in [9.17, 15) is 0 Å². The van der Waals surface area contributed by atoms with Crippen LogP contribution in [0.5, 0.6) is 0 Å². The molecule has 0 unspecified atom stereocenters. The molecule has 0 aliphatic heterocycles. The number of aromatic nitrogens is 1. The minimum Gasteiger partial charge on any atom is -0.785 e. The predicted molar refractivity (Wildman–Crippen MR) is 66.9 cm³/mol. The van der Waals surface area contributed by atoms with Crippen molar-refractivity contribution in [2.75, 3.05) is 20.1 Å². The van der Waals surface area contributed by atoms with Crippen LogP contribution in [-0.2, 0) is 19.0 Å². The first kappa shape index (κ1) is 12.5. The highest BCUT2D eigenvalue weighted by molar-refractivity contribution is 7.60. The first-order valence-corrected chi connectivity index (χ1v) is 5.67. The monoisotopic (exact) mass is 223 g/mol. The van der Waals surface area contributed by atoms with Gasteiger partial charge < -0.3 is 17.5 Å². The lowest BCUT2D eigenvalue weighted by molar-refractivity contribution is 0.313. The second-order valence-corrected chi connectivity index (χ2v) is 5.67. The lowest BCUT2D eigenvalue weighted by Crippen LogP contribution is -2.35. The minimum absolute atomic E-state index is 0.0428. The van der Waals surface area contributed by atoms with E-state index in [2.05, 4.69) is 36.8 Å². The van der Waals surface area contributed by atoms with Crippen molar-refractivity contribution < 1.29 is 0 Å². The zero-order valence-electron chi connectivity index (χ0n) is 9.73. The van der Waals surface area contributed by atoms with Gasteiger partial charge in [0.2, 0.25) is 0 Å². The first-order valence-electron chi connectivity index (χ1n) is 5.26. The van der Waals surface area contributed by atoms with Crippen molar-refractivity contribution in [3.63, 3.8) is 0 Å². The van der Waals surface area contributed by atoms with Gasteiger partial charge in [0.05, 0.1) is 0 Å². The summed E-state index contributed by atoms with van der Waals surface area (Å²) >= 11 is 5.33. The molecule has 1 aromatic rings. The number of likely N-dealkylation sites (N-methyl/N-ethyl adjacent to an activating group) is 1. The molecule has 0 fully saturated rings. The third-order valence-electron chi connectivity index (χ3n) is 2.13. The normalized spacial score (nSPS) is 12.1. The van der Waals surface area contributed by atoms with E-state index in [-0.39, 0.29) is 4.75 Å². The molecule has 0 radical (unpaired) electrons. The Morgan fingerprint density at radius 1 is 1.40 bits per heavy atom. The minimum atomic E-state index is -0.0428. The van der Waals surface area contributed by atoms with Crippen LogP contribution < -0.4 is 0 Å². The van der Waals surface area contributed by atoms with Crippen molar-refractivity contribution in [1.29, 1.82) is 0 Å². The van der Waals surface area contributed by atoms with Gasteiger partial charge in [0.15, 0.2) is 0 Å². The van der Waals surface area contributed by atoms with Crippen LogP contribution in [-0.4, -0.2) is 34.8 Å². The van der Waals surface area contributed by atoms with E-state index in [4.69, 9.17) is 12.6 Å². The molecule has 0 aliphatic carbocycles. The van der Waals surface area contributed by atoms with Crippen molar-refractivity contribution in [1.82, 2.24) is 9.88 Å². The Morgan fingerprint density at radius 2 is 2.13 bits per heavy atom. The number of hydrogen-bond donors (Lipinski definition) is 0. The van der Waals surface area contributed by atoms with E-state index in [1.54, 1.807) is 0 Å². The fourth-order valence-electron chi connectivity index (χ4n) is 1.58. The van der Waals surface area contributed by atoms with Crippen LogP contribution in [0.15, 0.2) is 24.4 Å². The maximum absolute atomic E-state index is 5.33. The summed E-state index contributed by atoms with van der Waals surface area (Å²) in [7, 11) is 2.11. The van der Waals surface area contributed by atoms with Crippen molar-refractivity contribution in [2.24, 2.45) is 0 Å². The van der Waals surface area contributed by atoms with Crippen molar-refractivity contribution in [3.8, 4) is 0 Å². The SMILES string of the molecule is CN(CCc1ccccn1)CC(C)(C)[S-]. The summed E-state index contributed by atoms with van der Waals surface area (Å²) in [6.07, 6.45) is 2.83. The zero-order valence-corrected chi connectivity index (χ0v) is 10.5. The van der Waals surface area contributed by atoms with Crippen LogP contribution in [0.2, 0.25) is 0 Å². The van der Waals surface area contributed by atoms with Gasteiger partial charge in [0.25, 0.3) is 0 Å². The van der Waals surface area contributed by atoms with E-state index >= 15 is 0 Å². The summed E-state index contributed by atoms with van der Waals surface area (Å²) in [5.41, 5.74) is 1.14. The predicted octanol–water partition coefficient (Wildman–Crippen LogP) is 1.88. The molecular weight excluding hydrogens is 204 g/mol. The Bertz CT molecular complexity index is 279. The van der Waals surface area contributed by atoms with Crippen LogP contribution in [0.25, 0.3) is 0 Å². The van der Waals surface area contributed by atoms with E-state index in [1.165, 1.54) is 0 Å². The zero-order chi connectivity index (χ0) is 11.3. The summed E-state index contributed by atoms with van der Waals surface area (Å²) in [6.45, 7) is 6.12. The van der Waals surface area contributed by atoms with Gasteiger partial charge in [-0.25, -0.2) is 0 Å². The maximum atomic E-state index is 5.33. The molecule has 0 amide bonds. The van der Waals surface area contributed by atoms with Gasteiger partial charge in [-0.3, -0.25) is 4.98 Å².